The van der Waals surface area contributed by atoms with Crippen LogP contribution in [0.5, 0.6) is 0 Å². The predicted molar refractivity (Wildman–Crippen MR) is 124 cm³/mol. The Kier molecular flexibility index (Phi) is 7.80. The quantitative estimate of drug-likeness (QED) is 0.462. The van der Waals surface area contributed by atoms with Crippen molar-refractivity contribution in [3.63, 3.8) is 0 Å². The highest BCUT2D eigenvalue weighted by atomic mass is 35.5. The first-order chi connectivity index (χ1) is 15.2. The molecule has 0 aliphatic rings. The van der Waals surface area contributed by atoms with Gasteiger partial charge in [0.05, 0.1) is 4.90 Å². The molecule has 3 rings (SSSR count). The van der Waals surface area contributed by atoms with Crippen molar-refractivity contribution in [2.45, 2.75) is 24.8 Å². The van der Waals surface area contributed by atoms with Crippen LogP contribution >= 0.6 is 11.6 Å². The molecule has 0 spiro atoms. The second-order valence-electron chi connectivity index (χ2n) is 7.24. The molecule has 0 saturated heterocycles. The van der Waals surface area contributed by atoms with Gasteiger partial charge in [-0.3, -0.25) is 9.59 Å². The SMILES string of the molecule is CC(=O)c1ccc(S(=O)(=O)NCc2ccc(C(=O)NCCc3cccc(Cl)c3)cc2)cc1. The zero-order valence-corrected chi connectivity index (χ0v) is 19.0. The number of halogens is 1. The summed E-state index contributed by atoms with van der Waals surface area (Å²) in [6.07, 6.45) is 0.666. The number of rotatable bonds is 9. The van der Waals surface area contributed by atoms with Crippen LogP contribution in [0.2, 0.25) is 5.02 Å². The zero-order chi connectivity index (χ0) is 23.1. The fourth-order valence-corrected chi connectivity index (χ4v) is 4.25. The fourth-order valence-electron chi connectivity index (χ4n) is 3.02. The first-order valence-electron chi connectivity index (χ1n) is 9.97. The predicted octanol–water partition coefficient (Wildman–Crippen LogP) is 3.99. The van der Waals surface area contributed by atoms with E-state index in [4.69, 9.17) is 11.6 Å². The molecule has 0 aliphatic heterocycles. The highest BCUT2D eigenvalue weighted by molar-refractivity contribution is 7.89. The summed E-state index contributed by atoms with van der Waals surface area (Å²) in [7, 11) is -3.72. The van der Waals surface area contributed by atoms with Crippen molar-refractivity contribution in [1.29, 1.82) is 0 Å². The minimum absolute atomic E-state index is 0.0768. The van der Waals surface area contributed by atoms with Crippen molar-refractivity contribution in [2.24, 2.45) is 0 Å². The molecule has 0 aromatic heterocycles. The molecule has 32 heavy (non-hydrogen) atoms. The van der Waals surface area contributed by atoms with Gasteiger partial charge in [0.25, 0.3) is 5.91 Å². The molecule has 1 amide bonds. The number of Topliss-reactive ketones (excluding diaryl/α,β-unsaturated/α-hetero) is 1. The summed E-state index contributed by atoms with van der Waals surface area (Å²) in [4.78, 5) is 23.7. The smallest absolute Gasteiger partial charge is 0.251 e. The van der Waals surface area contributed by atoms with E-state index in [1.165, 1.54) is 31.2 Å². The van der Waals surface area contributed by atoms with E-state index in [2.05, 4.69) is 10.0 Å². The molecule has 0 saturated carbocycles. The number of carbonyl (C=O) groups excluding carboxylic acids is 2. The van der Waals surface area contributed by atoms with Crippen LogP contribution in [-0.4, -0.2) is 26.7 Å². The lowest BCUT2D eigenvalue weighted by molar-refractivity contribution is 0.0953. The summed E-state index contributed by atoms with van der Waals surface area (Å²) in [6, 6.07) is 20.0. The molecule has 8 heteroatoms. The lowest BCUT2D eigenvalue weighted by Crippen LogP contribution is -2.26. The van der Waals surface area contributed by atoms with Gasteiger partial charge >= 0.3 is 0 Å². The molecule has 2 N–H and O–H groups in total. The van der Waals surface area contributed by atoms with Crippen LogP contribution in [0.3, 0.4) is 0 Å². The third kappa shape index (κ3) is 6.50. The largest absolute Gasteiger partial charge is 0.352 e. The number of sulfonamides is 1. The van der Waals surface area contributed by atoms with Crippen LogP contribution in [-0.2, 0) is 23.0 Å². The minimum atomic E-state index is -3.72. The van der Waals surface area contributed by atoms with E-state index >= 15 is 0 Å². The second kappa shape index (κ2) is 10.5. The van der Waals surface area contributed by atoms with Crippen LogP contribution in [0.1, 0.15) is 38.8 Å². The summed E-state index contributed by atoms with van der Waals surface area (Å²) >= 11 is 5.96. The van der Waals surface area contributed by atoms with Gasteiger partial charge in [0, 0.05) is 29.2 Å². The third-order valence-corrected chi connectivity index (χ3v) is 6.49. The fraction of sp³-hybridized carbons (Fsp3) is 0.167. The topological polar surface area (TPSA) is 92.3 Å². The van der Waals surface area contributed by atoms with Gasteiger partial charge in [-0.1, -0.05) is 48.0 Å². The molecule has 0 fully saturated rings. The molecule has 0 aliphatic carbocycles. The van der Waals surface area contributed by atoms with E-state index in [-0.39, 0.29) is 23.1 Å². The third-order valence-electron chi connectivity index (χ3n) is 4.84. The second-order valence-corrected chi connectivity index (χ2v) is 9.44. The Balaban J connectivity index is 1.52. The summed E-state index contributed by atoms with van der Waals surface area (Å²) < 4.78 is 27.4. The standard InChI is InChI=1S/C24H23ClN2O4S/c1-17(28)20-9-11-23(12-10-20)32(30,31)27-16-19-5-7-21(8-6-19)24(29)26-14-13-18-3-2-4-22(25)15-18/h2-12,15,27H,13-14,16H2,1H3,(H,26,29). The Morgan fingerprint density at radius 2 is 1.53 bits per heavy atom. The molecular weight excluding hydrogens is 448 g/mol. The molecule has 3 aromatic rings. The van der Waals surface area contributed by atoms with Crippen molar-refractivity contribution in [1.82, 2.24) is 10.0 Å². The summed E-state index contributed by atoms with van der Waals surface area (Å²) in [5, 5.41) is 3.52. The van der Waals surface area contributed by atoms with E-state index in [0.29, 0.717) is 34.7 Å². The van der Waals surface area contributed by atoms with Crippen LogP contribution in [0.25, 0.3) is 0 Å². The number of hydrogen-bond acceptors (Lipinski definition) is 4. The van der Waals surface area contributed by atoms with Crippen LogP contribution in [0, 0.1) is 0 Å². The first-order valence-corrected chi connectivity index (χ1v) is 11.8. The van der Waals surface area contributed by atoms with E-state index in [1.807, 2.05) is 18.2 Å². The first kappa shape index (κ1) is 23.7. The van der Waals surface area contributed by atoms with Crippen molar-refractivity contribution in [3.8, 4) is 0 Å². The van der Waals surface area contributed by atoms with Crippen molar-refractivity contribution in [3.05, 3.63) is 100 Å². The van der Waals surface area contributed by atoms with Crippen molar-refractivity contribution < 1.29 is 18.0 Å². The van der Waals surface area contributed by atoms with E-state index in [9.17, 15) is 18.0 Å². The Morgan fingerprint density at radius 3 is 2.16 bits per heavy atom. The van der Waals surface area contributed by atoms with Gasteiger partial charge in [0.2, 0.25) is 10.0 Å². The molecule has 0 unspecified atom stereocenters. The van der Waals surface area contributed by atoms with Crippen LogP contribution in [0.4, 0.5) is 0 Å². The molecule has 6 nitrogen and oxygen atoms in total. The van der Waals surface area contributed by atoms with E-state index in [1.54, 1.807) is 30.3 Å². The normalized spacial score (nSPS) is 11.2. The molecule has 3 aromatic carbocycles. The van der Waals surface area contributed by atoms with Crippen LogP contribution < -0.4 is 10.0 Å². The molecule has 0 atom stereocenters. The number of benzene rings is 3. The van der Waals surface area contributed by atoms with Crippen molar-refractivity contribution in [2.75, 3.05) is 6.54 Å². The lowest BCUT2D eigenvalue weighted by atomic mass is 10.1. The average molecular weight is 471 g/mol. The van der Waals surface area contributed by atoms with Gasteiger partial charge < -0.3 is 5.32 Å². The summed E-state index contributed by atoms with van der Waals surface area (Å²) in [5.41, 5.74) is 2.69. The molecule has 166 valence electrons. The number of nitrogens with one attached hydrogen (secondary N) is 2. The number of amides is 1. The minimum Gasteiger partial charge on any atom is -0.352 e. The molecule has 0 radical (unpaired) electrons. The monoisotopic (exact) mass is 470 g/mol. The van der Waals surface area contributed by atoms with E-state index in [0.717, 1.165) is 5.56 Å². The Bertz CT molecular complexity index is 1210. The Labute approximate surface area is 192 Å². The van der Waals surface area contributed by atoms with Gasteiger partial charge in [-0.2, -0.15) is 0 Å². The molecule has 0 bridgehead atoms. The lowest BCUT2D eigenvalue weighted by Gasteiger charge is -2.09. The van der Waals surface area contributed by atoms with Gasteiger partial charge in [-0.05, 0) is 60.9 Å². The summed E-state index contributed by atoms with van der Waals surface area (Å²) in [5.74, 6) is -0.333. The Morgan fingerprint density at radius 1 is 0.875 bits per heavy atom. The molecule has 0 heterocycles. The maximum atomic E-state index is 12.4. The van der Waals surface area contributed by atoms with Crippen LogP contribution in [0.15, 0.2) is 77.7 Å². The van der Waals surface area contributed by atoms with E-state index < -0.39 is 10.0 Å². The summed E-state index contributed by atoms with van der Waals surface area (Å²) in [6.45, 7) is 1.97. The average Bonchev–Trinajstić information content (AvgIpc) is 2.78. The van der Waals surface area contributed by atoms with Gasteiger partial charge in [-0.15, -0.1) is 0 Å². The highest BCUT2D eigenvalue weighted by Gasteiger charge is 2.14. The highest BCUT2D eigenvalue weighted by Crippen LogP contribution is 2.13. The Hall–Kier alpha value is -3.00. The van der Waals surface area contributed by atoms with Crippen molar-refractivity contribution >= 4 is 33.3 Å². The zero-order valence-electron chi connectivity index (χ0n) is 17.5. The number of hydrogen-bond donors (Lipinski definition) is 2. The van der Waals surface area contributed by atoms with Gasteiger partial charge in [-0.25, -0.2) is 13.1 Å². The van der Waals surface area contributed by atoms with Gasteiger partial charge in [0.1, 0.15) is 0 Å². The number of ketones is 1. The van der Waals surface area contributed by atoms with Gasteiger partial charge in [0.15, 0.2) is 5.78 Å². The molecular formula is C24H23ClN2O4S. The maximum absolute atomic E-state index is 12.4. The maximum Gasteiger partial charge on any atom is 0.251 e. The number of carbonyl (C=O) groups is 2.